The zero-order valence-electron chi connectivity index (χ0n) is 17.7. The lowest BCUT2D eigenvalue weighted by atomic mass is 10.0. The van der Waals surface area contributed by atoms with Gasteiger partial charge in [0, 0.05) is 37.4 Å². The molecule has 1 saturated heterocycles. The van der Waals surface area contributed by atoms with Gasteiger partial charge in [-0.2, -0.15) is 0 Å². The van der Waals surface area contributed by atoms with E-state index in [1.807, 2.05) is 39.8 Å². The molecule has 0 aromatic heterocycles. The molecule has 1 aliphatic rings. The number of aliphatic imine (C=N–C) groups is 1. The van der Waals surface area contributed by atoms with Crippen LogP contribution < -0.4 is 20.3 Å². The monoisotopic (exact) mass is 390 g/mol. The van der Waals surface area contributed by atoms with E-state index in [1.165, 1.54) is 0 Å². The zero-order chi connectivity index (χ0) is 20.6. The van der Waals surface area contributed by atoms with E-state index in [9.17, 15) is 4.79 Å². The first kappa shape index (κ1) is 21.9. The van der Waals surface area contributed by atoms with Crippen LogP contribution in [0.25, 0.3) is 0 Å². The molecule has 0 saturated carbocycles. The molecule has 0 aliphatic carbocycles. The van der Waals surface area contributed by atoms with Crippen molar-refractivity contribution in [3.8, 4) is 5.75 Å². The van der Waals surface area contributed by atoms with E-state index >= 15 is 0 Å². The summed E-state index contributed by atoms with van der Waals surface area (Å²) >= 11 is 0. The van der Waals surface area contributed by atoms with E-state index in [2.05, 4.69) is 32.7 Å². The Labute approximate surface area is 168 Å². The van der Waals surface area contributed by atoms with Gasteiger partial charge >= 0.3 is 5.97 Å². The molecule has 1 aromatic carbocycles. The molecule has 7 heteroatoms. The Morgan fingerprint density at radius 2 is 2.14 bits per heavy atom. The molecule has 0 radical (unpaired) electrons. The summed E-state index contributed by atoms with van der Waals surface area (Å²) in [4.78, 5) is 18.7. The van der Waals surface area contributed by atoms with E-state index < -0.39 is 5.60 Å². The Kier molecular flexibility index (Phi) is 7.96. The van der Waals surface area contributed by atoms with Crippen LogP contribution in [0.4, 0.5) is 5.69 Å². The van der Waals surface area contributed by atoms with Crippen molar-refractivity contribution in [2.45, 2.75) is 52.2 Å². The first-order chi connectivity index (χ1) is 13.3. The van der Waals surface area contributed by atoms with Gasteiger partial charge in [0.25, 0.3) is 0 Å². The summed E-state index contributed by atoms with van der Waals surface area (Å²) in [6.07, 6.45) is 2.14. The number of hydrogen-bond acceptors (Lipinski definition) is 5. The number of methoxy groups -OCH3 is 1. The van der Waals surface area contributed by atoms with Crippen LogP contribution in [-0.4, -0.2) is 56.9 Å². The summed E-state index contributed by atoms with van der Waals surface area (Å²) in [5.41, 5.74) is 0.653. The van der Waals surface area contributed by atoms with Crippen molar-refractivity contribution in [1.82, 2.24) is 10.6 Å². The molecule has 7 nitrogen and oxygen atoms in total. The normalized spacial score (nSPS) is 17.8. The van der Waals surface area contributed by atoms with E-state index in [0.717, 1.165) is 43.9 Å². The molecular formula is C21H34N4O3. The van der Waals surface area contributed by atoms with E-state index in [-0.39, 0.29) is 18.6 Å². The summed E-state index contributed by atoms with van der Waals surface area (Å²) in [6, 6.07) is 8.38. The minimum Gasteiger partial charge on any atom is -0.497 e. The maximum absolute atomic E-state index is 12.0. The number of guanidine groups is 1. The van der Waals surface area contributed by atoms with Gasteiger partial charge in [0.1, 0.15) is 17.9 Å². The third-order valence-electron chi connectivity index (χ3n) is 4.31. The number of anilines is 1. The van der Waals surface area contributed by atoms with Gasteiger partial charge in [-0.15, -0.1) is 0 Å². The van der Waals surface area contributed by atoms with Gasteiger partial charge in [0.2, 0.25) is 0 Å². The lowest BCUT2D eigenvalue weighted by Crippen LogP contribution is -2.51. The van der Waals surface area contributed by atoms with Gasteiger partial charge in [0.05, 0.1) is 7.11 Å². The second kappa shape index (κ2) is 10.2. The second-order valence-corrected chi connectivity index (χ2v) is 7.91. The Balaban J connectivity index is 1.97. The lowest BCUT2D eigenvalue weighted by molar-refractivity contribution is -0.152. The van der Waals surface area contributed by atoms with Crippen LogP contribution in [0.1, 0.15) is 40.5 Å². The Hall–Kier alpha value is -2.44. The summed E-state index contributed by atoms with van der Waals surface area (Å²) < 4.78 is 10.7. The minimum atomic E-state index is -0.501. The van der Waals surface area contributed by atoms with Crippen molar-refractivity contribution in [1.29, 1.82) is 0 Å². The fourth-order valence-corrected chi connectivity index (χ4v) is 3.17. The topological polar surface area (TPSA) is 75.2 Å². The molecule has 1 atom stereocenters. The molecule has 28 heavy (non-hydrogen) atoms. The number of carbonyl (C=O) groups excluding carboxylic acids is 1. The maximum atomic E-state index is 12.0. The SMILES string of the molecule is CCNC(=NCC(=O)OC(C)(C)C)NC1CCCN(c2cccc(OC)c2)C1. The fourth-order valence-electron chi connectivity index (χ4n) is 3.17. The fraction of sp³-hybridized carbons (Fsp3) is 0.619. The highest BCUT2D eigenvalue weighted by atomic mass is 16.6. The van der Waals surface area contributed by atoms with Crippen LogP contribution in [0.5, 0.6) is 5.75 Å². The van der Waals surface area contributed by atoms with Crippen molar-refractivity contribution < 1.29 is 14.3 Å². The minimum absolute atomic E-state index is 0.00107. The van der Waals surface area contributed by atoms with Crippen LogP contribution in [0.15, 0.2) is 29.3 Å². The molecule has 1 aliphatic heterocycles. The van der Waals surface area contributed by atoms with Gasteiger partial charge in [-0.3, -0.25) is 4.79 Å². The van der Waals surface area contributed by atoms with Crippen LogP contribution in [0.2, 0.25) is 0 Å². The van der Waals surface area contributed by atoms with Crippen molar-refractivity contribution in [2.24, 2.45) is 4.99 Å². The number of nitrogens with one attached hydrogen (secondary N) is 2. The molecule has 2 rings (SSSR count). The Morgan fingerprint density at radius 3 is 2.82 bits per heavy atom. The van der Waals surface area contributed by atoms with Gasteiger partial charge < -0.3 is 25.0 Å². The third kappa shape index (κ3) is 7.29. The second-order valence-electron chi connectivity index (χ2n) is 7.91. The summed E-state index contributed by atoms with van der Waals surface area (Å²) in [7, 11) is 1.68. The highest BCUT2D eigenvalue weighted by molar-refractivity contribution is 5.83. The number of piperidine rings is 1. The van der Waals surface area contributed by atoms with Gasteiger partial charge in [-0.1, -0.05) is 6.07 Å². The average Bonchev–Trinajstić information content (AvgIpc) is 2.65. The van der Waals surface area contributed by atoms with E-state index in [1.54, 1.807) is 7.11 Å². The van der Waals surface area contributed by atoms with Crippen molar-refractivity contribution in [2.75, 3.05) is 38.2 Å². The molecule has 156 valence electrons. The number of benzene rings is 1. The summed E-state index contributed by atoms with van der Waals surface area (Å²) in [5.74, 6) is 1.18. The third-order valence-corrected chi connectivity index (χ3v) is 4.31. The highest BCUT2D eigenvalue weighted by Gasteiger charge is 2.22. The van der Waals surface area contributed by atoms with Crippen molar-refractivity contribution in [3.63, 3.8) is 0 Å². The standard InChI is InChI=1S/C21H34N4O3/c1-6-22-20(23-14-19(26)28-21(2,3)4)24-16-9-8-12-25(15-16)17-10-7-11-18(13-17)27-5/h7,10-11,13,16H,6,8-9,12,14-15H2,1-5H3,(H2,22,23,24). The van der Waals surface area contributed by atoms with Crippen LogP contribution >= 0.6 is 0 Å². The first-order valence-electron chi connectivity index (χ1n) is 9.96. The molecule has 1 aromatic rings. The molecular weight excluding hydrogens is 356 g/mol. The number of esters is 1. The predicted molar refractivity (Wildman–Crippen MR) is 113 cm³/mol. The van der Waals surface area contributed by atoms with Crippen molar-refractivity contribution in [3.05, 3.63) is 24.3 Å². The highest BCUT2D eigenvalue weighted by Crippen LogP contribution is 2.24. The average molecular weight is 391 g/mol. The molecule has 0 amide bonds. The molecule has 1 heterocycles. The summed E-state index contributed by atoms with van der Waals surface area (Å²) in [5, 5.41) is 6.68. The zero-order valence-corrected chi connectivity index (χ0v) is 17.7. The molecule has 1 fully saturated rings. The van der Waals surface area contributed by atoms with Gasteiger partial charge in [-0.25, -0.2) is 4.99 Å². The molecule has 0 bridgehead atoms. The largest absolute Gasteiger partial charge is 0.497 e. The molecule has 2 N–H and O–H groups in total. The number of ether oxygens (including phenoxy) is 2. The molecule has 0 spiro atoms. The van der Waals surface area contributed by atoms with E-state index in [4.69, 9.17) is 9.47 Å². The van der Waals surface area contributed by atoms with Gasteiger partial charge in [0.15, 0.2) is 5.96 Å². The van der Waals surface area contributed by atoms with Crippen molar-refractivity contribution >= 4 is 17.6 Å². The summed E-state index contributed by atoms with van der Waals surface area (Å²) in [6.45, 7) is 10.2. The molecule has 1 unspecified atom stereocenters. The van der Waals surface area contributed by atoms with Gasteiger partial charge in [-0.05, 0) is 52.7 Å². The Morgan fingerprint density at radius 1 is 1.36 bits per heavy atom. The predicted octanol–water partition coefficient (Wildman–Crippen LogP) is 2.56. The van der Waals surface area contributed by atoms with Crippen LogP contribution in [0.3, 0.4) is 0 Å². The maximum Gasteiger partial charge on any atom is 0.328 e. The number of carbonyl (C=O) groups is 1. The van der Waals surface area contributed by atoms with Crippen LogP contribution in [-0.2, 0) is 9.53 Å². The smallest absolute Gasteiger partial charge is 0.328 e. The quantitative estimate of drug-likeness (QED) is 0.442. The Bertz CT molecular complexity index is 670. The number of hydrogen-bond donors (Lipinski definition) is 2. The van der Waals surface area contributed by atoms with Crippen LogP contribution in [0, 0.1) is 0 Å². The number of nitrogens with zero attached hydrogens (tertiary/aromatic N) is 2. The van der Waals surface area contributed by atoms with E-state index in [0.29, 0.717) is 5.96 Å². The first-order valence-corrected chi connectivity index (χ1v) is 9.96. The number of rotatable bonds is 6. The lowest BCUT2D eigenvalue weighted by Gasteiger charge is -2.35.